The van der Waals surface area contributed by atoms with E-state index in [0.717, 1.165) is 11.4 Å². The Morgan fingerprint density at radius 3 is 2.16 bits per heavy atom. The number of esters is 1. The zero-order valence-corrected chi connectivity index (χ0v) is 14.2. The maximum atomic E-state index is 11.9. The Morgan fingerprint density at radius 2 is 1.48 bits per heavy atom. The number of carbonyl (C=O) groups is 2. The van der Waals surface area contributed by atoms with Gasteiger partial charge in [0.15, 0.2) is 0 Å². The molecule has 1 amide bonds. The fraction of sp³-hybridized carbons (Fsp3) is 0.263. The van der Waals surface area contributed by atoms with Crippen molar-refractivity contribution in [2.24, 2.45) is 0 Å². The number of benzene rings is 2. The van der Waals surface area contributed by atoms with Crippen molar-refractivity contribution in [1.29, 1.82) is 0 Å². The Kier molecular flexibility index (Phi) is 7.46. The van der Waals surface area contributed by atoms with Crippen molar-refractivity contribution in [2.75, 3.05) is 31.0 Å². The molecule has 2 aromatic rings. The molecule has 0 aromatic heterocycles. The highest BCUT2D eigenvalue weighted by Crippen LogP contribution is 2.18. The molecule has 0 aliphatic heterocycles. The van der Waals surface area contributed by atoms with Crippen LogP contribution in [0.25, 0.3) is 0 Å². The lowest BCUT2D eigenvalue weighted by atomic mass is 10.2. The van der Waals surface area contributed by atoms with Gasteiger partial charge in [-0.1, -0.05) is 18.2 Å². The quantitative estimate of drug-likeness (QED) is 0.540. The lowest BCUT2D eigenvalue weighted by Gasteiger charge is -2.09. The number of hydrogen-bond acceptors (Lipinski definition) is 5. The molecule has 0 fully saturated rings. The number of para-hydroxylation sites is 1. The maximum Gasteiger partial charge on any atom is 0.306 e. The second kappa shape index (κ2) is 10.1. The summed E-state index contributed by atoms with van der Waals surface area (Å²) in [6.45, 7) is 0.550. The first-order valence-electron chi connectivity index (χ1n) is 8.04. The molecule has 25 heavy (non-hydrogen) atoms. The molecule has 2 rings (SSSR count). The van der Waals surface area contributed by atoms with Gasteiger partial charge in [-0.3, -0.25) is 9.59 Å². The summed E-state index contributed by atoms with van der Waals surface area (Å²) in [5, 5.41) is 6.02. The Hall–Kier alpha value is -2.86. The Balaban J connectivity index is 1.74. The summed E-state index contributed by atoms with van der Waals surface area (Å²) >= 11 is 0. The lowest BCUT2D eigenvalue weighted by Crippen LogP contribution is -2.15. The highest BCUT2D eigenvalue weighted by atomic mass is 16.6. The van der Waals surface area contributed by atoms with Crippen LogP contribution in [0.5, 0.6) is 0 Å². The first-order chi connectivity index (χ1) is 12.2. The number of anilines is 3. The predicted molar refractivity (Wildman–Crippen MR) is 96.9 cm³/mol. The Morgan fingerprint density at radius 1 is 0.840 bits per heavy atom. The number of rotatable bonds is 9. The SMILES string of the molecule is COCCOC(=O)CCC(=O)Nc1ccc(Nc2ccccc2)cc1. The summed E-state index contributed by atoms with van der Waals surface area (Å²) in [5.74, 6) is -0.637. The van der Waals surface area contributed by atoms with E-state index in [9.17, 15) is 9.59 Å². The minimum Gasteiger partial charge on any atom is -0.463 e. The third-order valence-electron chi connectivity index (χ3n) is 3.34. The summed E-state index contributed by atoms with van der Waals surface area (Å²) in [7, 11) is 1.53. The molecule has 0 unspecified atom stereocenters. The standard InChI is InChI=1S/C19H22N2O4/c1-24-13-14-25-19(23)12-11-18(22)21-17-9-7-16(8-10-17)20-15-5-3-2-4-6-15/h2-10,20H,11-14H2,1H3,(H,21,22). The second-order valence-corrected chi connectivity index (χ2v) is 5.33. The van der Waals surface area contributed by atoms with Gasteiger partial charge in [-0.25, -0.2) is 0 Å². The van der Waals surface area contributed by atoms with Gasteiger partial charge in [-0.05, 0) is 36.4 Å². The van der Waals surface area contributed by atoms with Crippen LogP contribution in [-0.2, 0) is 19.1 Å². The topological polar surface area (TPSA) is 76.7 Å². The molecular formula is C19H22N2O4. The van der Waals surface area contributed by atoms with Gasteiger partial charge in [0, 0.05) is 30.6 Å². The first kappa shape index (κ1) is 18.5. The van der Waals surface area contributed by atoms with Gasteiger partial charge in [0.05, 0.1) is 13.0 Å². The van der Waals surface area contributed by atoms with Gasteiger partial charge < -0.3 is 20.1 Å². The zero-order valence-electron chi connectivity index (χ0n) is 14.2. The first-order valence-corrected chi connectivity index (χ1v) is 8.04. The third-order valence-corrected chi connectivity index (χ3v) is 3.34. The molecule has 0 heterocycles. The molecule has 6 heteroatoms. The van der Waals surface area contributed by atoms with Crippen LogP contribution in [0.2, 0.25) is 0 Å². The van der Waals surface area contributed by atoms with Crippen LogP contribution >= 0.6 is 0 Å². The van der Waals surface area contributed by atoms with Crippen LogP contribution in [0.1, 0.15) is 12.8 Å². The van der Waals surface area contributed by atoms with Crippen molar-refractivity contribution in [3.8, 4) is 0 Å². The molecule has 0 saturated carbocycles. The van der Waals surface area contributed by atoms with Crippen molar-refractivity contribution >= 4 is 28.9 Å². The molecule has 0 radical (unpaired) electrons. The van der Waals surface area contributed by atoms with E-state index >= 15 is 0 Å². The zero-order chi connectivity index (χ0) is 17.9. The van der Waals surface area contributed by atoms with Crippen LogP contribution in [0.4, 0.5) is 17.1 Å². The van der Waals surface area contributed by atoms with Crippen LogP contribution in [-0.4, -0.2) is 32.2 Å². The molecule has 0 spiro atoms. The van der Waals surface area contributed by atoms with Crippen LogP contribution in [0.3, 0.4) is 0 Å². The van der Waals surface area contributed by atoms with Gasteiger partial charge in [0.1, 0.15) is 6.61 Å². The van der Waals surface area contributed by atoms with E-state index < -0.39 is 5.97 Å². The third kappa shape index (κ3) is 7.05. The minimum atomic E-state index is -0.408. The number of hydrogen-bond donors (Lipinski definition) is 2. The van der Waals surface area contributed by atoms with Gasteiger partial charge in [0.2, 0.25) is 5.91 Å². The Bertz CT molecular complexity index is 672. The van der Waals surface area contributed by atoms with E-state index in [1.165, 1.54) is 7.11 Å². The number of amides is 1. The summed E-state index contributed by atoms with van der Waals surface area (Å²) in [6.07, 6.45) is 0.124. The number of ether oxygens (including phenoxy) is 2. The van der Waals surface area contributed by atoms with E-state index in [0.29, 0.717) is 12.3 Å². The molecule has 0 aliphatic carbocycles. The maximum absolute atomic E-state index is 11.9. The summed E-state index contributed by atoms with van der Waals surface area (Å²) in [5.41, 5.74) is 2.59. The van der Waals surface area contributed by atoms with Crippen LogP contribution < -0.4 is 10.6 Å². The fourth-order valence-electron chi connectivity index (χ4n) is 2.08. The largest absolute Gasteiger partial charge is 0.463 e. The van der Waals surface area contributed by atoms with Gasteiger partial charge >= 0.3 is 5.97 Å². The van der Waals surface area contributed by atoms with E-state index in [1.807, 2.05) is 42.5 Å². The second-order valence-electron chi connectivity index (χ2n) is 5.33. The average molecular weight is 342 g/mol. The van der Waals surface area contributed by atoms with Crippen molar-refractivity contribution in [2.45, 2.75) is 12.8 Å². The normalized spacial score (nSPS) is 10.1. The van der Waals surface area contributed by atoms with E-state index in [-0.39, 0.29) is 25.4 Å². The van der Waals surface area contributed by atoms with Crippen molar-refractivity contribution in [1.82, 2.24) is 0 Å². The fourth-order valence-corrected chi connectivity index (χ4v) is 2.08. The van der Waals surface area contributed by atoms with Crippen molar-refractivity contribution in [3.63, 3.8) is 0 Å². The molecule has 0 bridgehead atoms. The lowest BCUT2D eigenvalue weighted by molar-refractivity contribution is -0.145. The number of methoxy groups -OCH3 is 1. The molecule has 6 nitrogen and oxygen atoms in total. The molecule has 0 saturated heterocycles. The van der Waals surface area contributed by atoms with Crippen LogP contribution in [0, 0.1) is 0 Å². The van der Waals surface area contributed by atoms with E-state index in [4.69, 9.17) is 9.47 Å². The molecular weight excluding hydrogens is 320 g/mol. The molecule has 0 atom stereocenters. The highest BCUT2D eigenvalue weighted by molar-refractivity contribution is 5.92. The predicted octanol–water partition coefficient (Wildman–Crippen LogP) is 3.34. The Labute approximate surface area is 147 Å². The van der Waals surface area contributed by atoms with E-state index in [2.05, 4.69) is 10.6 Å². The van der Waals surface area contributed by atoms with Gasteiger partial charge in [-0.15, -0.1) is 0 Å². The summed E-state index contributed by atoms with van der Waals surface area (Å²) < 4.78 is 9.69. The number of nitrogens with one attached hydrogen (secondary N) is 2. The van der Waals surface area contributed by atoms with E-state index in [1.54, 1.807) is 12.1 Å². The smallest absolute Gasteiger partial charge is 0.306 e. The molecule has 0 aliphatic rings. The molecule has 2 N–H and O–H groups in total. The van der Waals surface area contributed by atoms with Gasteiger partial charge in [0.25, 0.3) is 0 Å². The van der Waals surface area contributed by atoms with Crippen molar-refractivity contribution in [3.05, 3.63) is 54.6 Å². The summed E-state index contributed by atoms with van der Waals surface area (Å²) in [4.78, 5) is 23.3. The molecule has 2 aromatic carbocycles. The number of carbonyl (C=O) groups excluding carboxylic acids is 2. The monoisotopic (exact) mass is 342 g/mol. The van der Waals surface area contributed by atoms with Crippen molar-refractivity contribution < 1.29 is 19.1 Å². The van der Waals surface area contributed by atoms with Crippen LogP contribution in [0.15, 0.2) is 54.6 Å². The minimum absolute atomic E-state index is 0.0448. The average Bonchev–Trinajstić information content (AvgIpc) is 2.63. The molecule has 132 valence electrons. The van der Waals surface area contributed by atoms with Gasteiger partial charge in [-0.2, -0.15) is 0 Å². The highest BCUT2D eigenvalue weighted by Gasteiger charge is 2.08. The summed E-state index contributed by atoms with van der Waals surface area (Å²) in [6, 6.07) is 17.2.